The lowest BCUT2D eigenvalue weighted by Crippen LogP contribution is -2.13. The Balaban J connectivity index is 2.28. The smallest absolute Gasteiger partial charge is 0.271 e. The van der Waals surface area contributed by atoms with Crippen LogP contribution in [0.5, 0.6) is 0 Å². The van der Waals surface area contributed by atoms with Crippen molar-refractivity contribution in [3.05, 3.63) is 69.0 Å². The zero-order chi connectivity index (χ0) is 15.6. The molecule has 0 heterocycles. The number of anilines is 1. The van der Waals surface area contributed by atoms with Crippen LogP contribution in [-0.2, 0) is 0 Å². The van der Waals surface area contributed by atoms with E-state index in [0.29, 0.717) is 16.8 Å². The Kier molecular flexibility index (Phi) is 3.98. The van der Waals surface area contributed by atoms with Gasteiger partial charge in [0.1, 0.15) is 5.82 Å². The molecule has 0 spiro atoms. The van der Waals surface area contributed by atoms with E-state index in [1.54, 1.807) is 19.9 Å². The maximum absolute atomic E-state index is 13.5. The molecule has 2 aromatic carbocycles. The molecule has 0 saturated carbocycles. The first-order chi connectivity index (χ1) is 9.88. The predicted molar refractivity (Wildman–Crippen MR) is 76.9 cm³/mol. The van der Waals surface area contributed by atoms with Crippen LogP contribution in [0.15, 0.2) is 36.4 Å². The molecule has 0 aromatic heterocycles. The van der Waals surface area contributed by atoms with Gasteiger partial charge in [0.05, 0.1) is 10.6 Å². The first-order valence-corrected chi connectivity index (χ1v) is 6.21. The van der Waals surface area contributed by atoms with Crippen LogP contribution < -0.4 is 5.32 Å². The van der Waals surface area contributed by atoms with Gasteiger partial charge in [0.25, 0.3) is 11.6 Å². The lowest BCUT2D eigenvalue weighted by molar-refractivity contribution is -0.384. The molecule has 0 fully saturated rings. The van der Waals surface area contributed by atoms with Crippen LogP contribution in [-0.4, -0.2) is 10.8 Å². The van der Waals surface area contributed by atoms with Gasteiger partial charge < -0.3 is 5.32 Å². The van der Waals surface area contributed by atoms with Crippen molar-refractivity contribution in [1.29, 1.82) is 0 Å². The highest BCUT2D eigenvalue weighted by Gasteiger charge is 2.13. The maximum Gasteiger partial charge on any atom is 0.271 e. The number of nitro groups is 1. The third kappa shape index (κ3) is 3.22. The van der Waals surface area contributed by atoms with Crippen molar-refractivity contribution in [2.24, 2.45) is 0 Å². The number of carbonyl (C=O) groups excluding carboxylic acids is 1. The van der Waals surface area contributed by atoms with Crippen LogP contribution in [0, 0.1) is 29.8 Å². The zero-order valence-corrected chi connectivity index (χ0v) is 11.5. The number of amides is 1. The van der Waals surface area contributed by atoms with Crippen LogP contribution in [0.1, 0.15) is 21.5 Å². The van der Waals surface area contributed by atoms with E-state index in [2.05, 4.69) is 5.32 Å². The van der Waals surface area contributed by atoms with Gasteiger partial charge >= 0.3 is 0 Å². The SMILES string of the molecule is Cc1ccc(C(=O)Nc2cc([N+](=O)[O-])ccc2C)cc1F. The van der Waals surface area contributed by atoms with E-state index in [1.165, 1.54) is 24.3 Å². The molecule has 0 aliphatic rings. The van der Waals surface area contributed by atoms with E-state index in [4.69, 9.17) is 0 Å². The second kappa shape index (κ2) is 5.70. The van der Waals surface area contributed by atoms with Crippen molar-refractivity contribution < 1.29 is 14.1 Å². The Bertz CT molecular complexity index is 729. The van der Waals surface area contributed by atoms with Crippen LogP contribution in [0.25, 0.3) is 0 Å². The molecule has 0 bridgehead atoms. The predicted octanol–water partition coefficient (Wildman–Crippen LogP) is 3.60. The van der Waals surface area contributed by atoms with Crippen molar-refractivity contribution in [3.8, 4) is 0 Å². The summed E-state index contributed by atoms with van der Waals surface area (Å²) in [5.41, 5.74) is 1.49. The highest BCUT2D eigenvalue weighted by molar-refractivity contribution is 6.04. The number of hydrogen-bond donors (Lipinski definition) is 1. The summed E-state index contributed by atoms with van der Waals surface area (Å²) < 4.78 is 13.5. The Morgan fingerprint density at radius 1 is 1.14 bits per heavy atom. The van der Waals surface area contributed by atoms with Crippen molar-refractivity contribution in [2.45, 2.75) is 13.8 Å². The molecule has 0 unspecified atom stereocenters. The first kappa shape index (κ1) is 14.6. The summed E-state index contributed by atoms with van der Waals surface area (Å²) in [7, 11) is 0. The van der Waals surface area contributed by atoms with E-state index in [9.17, 15) is 19.3 Å². The summed E-state index contributed by atoms with van der Waals surface area (Å²) in [4.78, 5) is 22.3. The molecule has 1 amide bonds. The third-order valence-corrected chi connectivity index (χ3v) is 3.11. The highest BCUT2D eigenvalue weighted by atomic mass is 19.1. The standard InChI is InChI=1S/C15H13FN2O3/c1-9-3-5-11(7-13(9)16)15(19)17-14-8-12(18(20)21)6-4-10(14)2/h3-8H,1-2H3,(H,17,19). The van der Waals surface area contributed by atoms with Crippen LogP contribution in [0.3, 0.4) is 0 Å². The normalized spacial score (nSPS) is 10.2. The zero-order valence-electron chi connectivity index (χ0n) is 11.5. The summed E-state index contributed by atoms with van der Waals surface area (Å²) in [6.45, 7) is 3.32. The van der Waals surface area contributed by atoms with Gasteiger partial charge in [0, 0.05) is 17.7 Å². The second-order valence-corrected chi connectivity index (χ2v) is 4.67. The largest absolute Gasteiger partial charge is 0.321 e. The van der Waals surface area contributed by atoms with Gasteiger partial charge in [-0.05, 0) is 37.1 Å². The molecular weight excluding hydrogens is 275 g/mol. The second-order valence-electron chi connectivity index (χ2n) is 4.67. The van der Waals surface area contributed by atoms with Crippen molar-refractivity contribution in [2.75, 3.05) is 5.32 Å². The lowest BCUT2D eigenvalue weighted by atomic mass is 10.1. The van der Waals surface area contributed by atoms with Crippen molar-refractivity contribution in [1.82, 2.24) is 0 Å². The van der Waals surface area contributed by atoms with E-state index in [0.717, 1.165) is 6.07 Å². The topological polar surface area (TPSA) is 72.2 Å². The minimum absolute atomic E-state index is 0.119. The van der Waals surface area contributed by atoms with E-state index in [-0.39, 0.29) is 11.3 Å². The number of rotatable bonds is 3. The first-order valence-electron chi connectivity index (χ1n) is 6.21. The van der Waals surface area contributed by atoms with Crippen LogP contribution in [0.4, 0.5) is 15.8 Å². The van der Waals surface area contributed by atoms with Gasteiger partial charge in [0.15, 0.2) is 0 Å². The molecule has 21 heavy (non-hydrogen) atoms. The van der Waals surface area contributed by atoms with E-state index >= 15 is 0 Å². The number of nitrogens with one attached hydrogen (secondary N) is 1. The van der Waals surface area contributed by atoms with Crippen molar-refractivity contribution >= 4 is 17.3 Å². The number of non-ortho nitro benzene ring substituents is 1. The Hall–Kier alpha value is -2.76. The number of carbonyl (C=O) groups is 1. The Labute approximate surface area is 120 Å². The number of hydrogen-bond acceptors (Lipinski definition) is 3. The number of nitrogens with zero attached hydrogens (tertiary/aromatic N) is 1. The highest BCUT2D eigenvalue weighted by Crippen LogP contribution is 2.22. The number of benzene rings is 2. The molecule has 2 aromatic rings. The average Bonchev–Trinajstić information content (AvgIpc) is 2.43. The van der Waals surface area contributed by atoms with E-state index in [1.807, 2.05) is 0 Å². The Morgan fingerprint density at radius 2 is 1.81 bits per heavy atom. The molecule has 0 saturated heterocycles. The fraction of sp³-hybridized carbons (Fsp3) is 0.133. The molecule has 2 rings (SSSR count). The Morgan fingerprint density at radius 3 is 2.43 bits per heavy atom. The third-order valence-electron chi connectivity index (χ3n) is 3.11. The molecule has 108 valence electrons. The summed E-state index contributed by atoms with van der Waals surface area (Å²) in [6, 6.07) is 8.32. The quantitative estimate of drug-likeness (QED) is 0.692. The molecule has 0 radical (unpaired) electrons. The molecule has 0 atom stereocenters. The van der Waals surface area contributed by atoms with Gasteiger partial charge in [-0.25, -0.2) is 4.39 Å². The maximum atomic E-state index is 13.5. The van der Waals surface area contributed by atoms with Crippen LogP contribution >= 0.6 is 0 Å². The van der Waals surface area contributed by atoms with Crippen molar-refractivity contribution in [3.63, 3.8) is 0 Å². The van der Waals surface area contributed by atoms with Gasteiger partial charge in [0.2, 0.25) is 0 Å². The van der Waals surface area contributed by atoms with Gasteiger partial charge in [-0.1, -0.05) is 12.1 Å². The monoisotopic (exact) mass is 288 g/mol. The fourth-order valence-electron chi connectivity index (χ4n) is 1.79. The minimum atomic E-state index is -0.541. The molecule has 0 aliphatic heterocycles. The summed E-state index contributed by atoms with van der Waals surface area (Å²) >= 11 is 0. The molecule has 5 nitrogen and oxygen atoms in total. The summed E-state index contributed by atoms with van der Waals surface area (Å²) in [5.74, 6) is -0.990. The molecule has 0 aliphatic carbocycles. The minimum Gasteiger partial charge on any atom is -0.321 e. The molecular formula is C15H13FN2O3. The molecule has 1 N–H and O–H groups in total. The fourth-order valence-corrected chi connectivity index (χ4v) is 1.79. The van der Waals surface area contributed by atoms with Gasteiger partial charge in [-0.2, -0.15) is 0 Å². The van der Waals surface area contributed by atoms with Crippen LogP contribution in [0.2, 0.25) is 0 Å². The van der Waals surface area contributed by atoms with Gasteiger partial charge in [-0.15, -0.1) is 0 Å². The number of halogens is 1. The van der Waals surface area contributed by atoms with E-state index < -0.39 is 16.6 Å². The number of aryl methyl sites for hydroxylation is 2. The number of nitro benzene ring substituents is 1. The summed E-state index contributed by atoms with van der Waals surface area (Å²) in [5, 5.41) is 13.3. The van der Waals surface area contributed by atoms with Gasteiger partial charge in [-0.3, -0.25) is 14.9 Å². The molecule has 6 heteroatoms. The lowest BCUT2D eigenvalue weighted by Gasteiger charge is -2.09. The average molecular weight is 288 g/mol. The summed E-state index contributed by atoms with van der Waals surface area (Å²) in [6.07, 6.45) is 0.